The van der Waals surface area contributed by atoms with Crippen LogP contribution in [-0.2, 0) is 4.79 Å². The number of anilines is 2. The van der Waals surface area contributed by atoms with Gasteiger partial charge in [-0.15, -0.1) is 0 Å². The Bertz CT molecular complexity index is 1500. The number of nitrogens with one attached hydrogen (secondary N) is 2. The summed E-state index contributed by atoms with van der Waals surface area (Å²) in [6, 6.07) is 14.7. The van der Waals surface area contributed by atoms with Gasteiger partial charge < -0.3 is 24.8 Å². The van der Waals surface area contributed by atoms with E-state index in [4.69, 9.17) is 27.9 Å². The fourth-order valence-electron chi connectivity index (χ4n) is 4.85. The Kier molecular flexibility index (Phi) is 8.72. The van der Waals surface area contributed by atoms with E-state index in [1.807, 2.05) is 52.4 Å². The zero-order chi connectivity index (χ0) is 28.1. The van der Waals surface area contributed by atoms with Crippen LogP contribution in [0.2, 0.25) is 10.0 Å². The van der Waals surface area contributed by atoms with Crippen LogP contribution < -0.4 is 15.0 Å². The van der Waals surface area contributed by atoms with E-state index in [0.29, 0.717) is 71.5 Å². The minimum Gasteiger partial charge on any atom is -0.493 e. The number of carbonyl (C=O) groups excluding carboxylic acids is 2. The first-order chi connectivity index (χ1) is 19.4. The van der Waals surface area contributed by atoms with Gasteiger partial charge in [0, 0.05) is 56.6 Å². The van der Waals surface area contributed by atoms with Crippen molar-refractivity contribution in [3.05, 3.63) is 76.7 Å². The molecule has 2 aromatic carbocycles. The van der Waals surface area contributed by atoms with E-state index in [1.165, 1.54) is 13.3 Å². The molecule has 2 N–H and O–H groups in total. The number of likely N-dealkylation sites (tertiary alicyclic amines) is 1. The molecule has 0 bridgehead atoms. The van der Waals surface area contributed by atoms with Crippen molar-refractivity contribution < 1.29 is 14.3 Å². The lowest BCUT2D eigenvalue weighted by molar-refractivity contribution is -0.118. The number of H-pyrrole nitrogens is 1. The molecule has 1 aliphatic rings. The number of nitrogens with zero attached hydrogens (tertiary/aromatic N) is 4. The minimum atomic E-state index is -0.107. The Balaban J connectivity index is 1.26. The Hall–Kier alpha value is -3.82. The molecule has 1 fully saturated rings. The number of halogens is 2. The second-order valence-electron chi connectivity index (χ2n) is 9.74. The zero-order valence-corrected chi connectivity index (χ0v) is 23.6. The van der Waals surface area contributed by atoms with E-state index in [-0.39, 0.29) is 11.8 Å². The summed E-state index contributed by atoms with van der Waals surface area (Å²) in [5.41, 5.74) is 2.13. The number of amides is 2. The first-order valence-electron chi connectivity index (χ1n) is 13.2. The van der Waals surface area contributed by atoms with Crippen LogP contribution in [0, 0.1) is 5.92 Å². The highest BCUT2D eigenvalue weighted by atomic mass is 35.5. The molecule has 5 rings (SSSR count). The van der Waals surface area contributed by atoms with Crippen LogP contribution in [0.3, 0.4) is 0 Å². The normalized spacial score (nSPS) is 13.8. The second-order valence-corrected chi connectivity index (χ2v) is 10.6. The number of hydrogen-bond donors (Lipinski definition) is 2. The van der Waals surface area contributed by atoms with Crippen LogP contribution >= 0.6 is 23.2 Å². The van der Waals surface area contributed by atoms with Gasteiger partial charge in [-0.3, -0.25) is 9.59 Å². The molecule has 208 valence electrons. The van der Waals surface area contributed by atoms with Crippen molar-refractivity contribution in [2.45, 2.75) is 19.8 Å². The van der Waals surface area contributed by atoms with Crippen LogP contribution in [-0.4, -0.2) is 64.5 Å². The highest BCUT2D eigenvalue weighted by Crippen LogP contribution is 2.31. The van der Waals surface area contributed by atoms with Crippen molar-refractivity contribution in [1.29, 1.82) is 0 Å². The van der Waals surface area contributed by atoms with E-state index >= 15 is 0 Å². The number of fused-ring (bicyclic) bond motifs is 1. The molecule has 9 nitrogen and oxygen atoms in total. The lowest BCUT2D eigenvalue weighted by Gasteiger charge is -2.32. The lowest BCUT2D eigenvalue weighted by atomic mass is 9.97. The number of rotatable bonds is 9. The summed E-state index contributed by atoms with van der Waals surface area (Å²) in [6.07, 6.45) is 5.02. The summed E-state index contributed by atoms with van der Waals surface area (Å²) in [4.78, 5) is 40.9. The summed E-state index contributed by atoms with van der Waals surface area (Å²) in [7, 11) is 0. The number of carbonyl (C=O) groups is 2. The van der Waals surface area contributed by atoms with Gasteiger partial charge >= 0.3 is 0 Å². The lowest BCUT2D eigenvalue weighted by Crippen LogP contribution is -2.39. The van der Waals surface area contributed by atoms with Gasteiger partial charge in [-0.2, -0.15) is 0 Å². The van der Waals surface area contributed by atoms with E-state index < -0.39 is 0 Å². The fraction of sp³-hybridized carbons (Fsp3) is 0.310. The van der Waals surface area contributed by atoms with Crippen LogP contribution in [0.4, 0.5) is 11.5 Å². The molecule has 2 amide bonds. The van der Waals surface area contributed by atoms with E-state index in [9.17, 15) is 9.59 Å². The summed E-state index contributed by atoms with van der Waals surface area (Å²) < 4.78 is 5.93. The van der Waals surface area contributed by atoms with Crippen molar-refractivity contribution in [2.75, 3.05) is 37.7 Å². The summed E-state index contributed by atoms with van der Waals surface area (Å²) >= 11 is 12.1. The quantitative estimate of drug-likeness (QED) is 0.272. The molecule has 0 unspecified atom stereocenters. The summed E-state index contributed by atoms with van der Waals surface area (Å²) in [5.74, 6) is 1.61. The Labute approximate surface area is 242 Å². The molecule has 11 heteroatoms. The second kappa shape index (κ2) is 12.6. The summed E-state index contributed by atoms with van der Waals surface area (Å²) in [5, 5.41) is 4.66. The zero-order valence-electron chi connectivity index (χ0n) is 22.1. The van der Waals surface area contributed by atoms with Gasteiger partial charge in [0.05, 0.1) is 22.0 Å². The predicted molar refractivity (Wildman–Crippen MR) is 157 cm³/mol. The van der Waals surface area contributed by atoms with Gasteiger partial charge in [0.1, 0.15) is 23.5 Å². The maximum Gasteiger partial charge on any atom is 0.253 e. The first-order valence-corrected chi connectivity index (χ1v) is 13.9. The van der Waals surface area contributed by atoms with E-state index in [0.717, 1.165) is 23.9 Å². The van der Waals surface area contributed by atoms with Gasteiger partial charge in [-0.25, -0.2) is 9.97 Å². The maximum absolute atomic E-state index is 13.5. The molecule has 0 aliphatic carbocycles. The third-order valence-electron chi connectivity index (χ3n) is 6.98. The van der Waals surface area contributed by atoms with Gasteiger partial charge in [0.2, 0.25) is 5.91 Å². The van der Waals surface area contributed by atoms with Crippen molar-refractivity contribution in [1.82, 2.24) is 25.2 Å². The average molecular weight is 582 g/mol. The molecule has 0 atom stereocenters. The summed E-state index contributed by atoms with van der Waals surface area (Å²) in [6.45, 7) is 4.24. The number of piperidine rings is 1. The van der Waals surface area contributed by atoms with Crippen molar-refractivity contribution >= 4 is 57.6 Å². The number of aromatic amines is 1. The average Bonchev–Trinajstić information content (AvgIpc) is 3.45. The molecule has 0 spiro atoms. The van der Waals surface area contributed by atoms with Crippen molar-refractivity contribution in [2.24, 2.45) is 5.92 Å². The standard InChI is InChI=1S/C29H30Cl2N6O3/c1-19(38)32-11-14-37(28-24-7-10-33-27(24)34-18-35-28)22-4-2-3-21(15-22)29(39)36-12-8-20(9-13-36)17-40-23-5-6-25(30)26(31)16-23/h2-7,10,15-16,18,20H,8-9,11-14,17H2,1H3,(H,32,38)(H,33,34,35). The van der Waals surface area contributed by atoms with Crippen molar-refractivity contribution in [3.63, 3.8) is 0 Å². The van der Waals surface area contributed by atoms with Crippen LogP contribution in [0.25, 0.3) is 11.0 Å². The molecule has 40 heavy (non-hydrogen) atoms. The highest BCUT2D eigenvalue weighted by Gasteiger charge is 2.25. The van der Waals surface area contributed by atoms with Crippen LogP contribution in [0.15, 0.2) is 61.1 Å². The number of hydrogen-bond acceptors (Lipinski definition) is 6. The monoisotopic (exact) mass is 580 g/mol. The SMILES string of the molecule is CC(=O)NCCN(c1cccc(C(=O)N2CCC(COc3ccc(Cl)c(Cl)c3)CC2)c1)c1ncnc2[nH]ccc12. The molecule has 0 saturated carbocycles. The molecule has 3 heterocycles. The predicted octanol–water partition coefficient (Wildman–Crippen LogP) is 5.47. The first kappa shape index (κ1) is 27.7. The molecule has 0 radical (unpaired) electrons. The number of ether oxygens (including phenoxy) is 1. The molecule has 2 aromatic heterocycles. The van der Waals surface area contributed by atoms with Crippen molar-refractivity contribution in [3.8, 4) is 5.75 Å². The fourth-order valence-corrected chi connectivity index (χ4v) is 5.14. The van der Waals surface area contributed by atoms with Gasteiger partial charge in [0.15, 0.2) is 0 Å². The Morgan fingerprint density at radius 1 is 1.10 bits per heavy atom. The topological polar surface area (TPSA) is 103 Å². The molecular weight excluding hydrogens is 551 g/mol. The molecule has 4 aromatic rings. The third kappa shape index (κ3) is 6.48. The molecule has 1 saturated heterocycles. The highest BCUT2D eigenvalue weighted by molar-refractivity contribution is 6.42. The van der Waals surface area contributed by atoms with E-state index in [1.54, 1.807) is 12.1 Å². The maximum atomic E-state index is 13.5. The molecule has 1 aliphatic heterocycles. The van der Waals surface area contributed by atoms with Crippen LogP contribution in [0.5, 0.6) is 5.75 Å². The smallest absolute Gasteiger partial charge is 0.253 e. The number of aromatic nitrogens is 3. The van der Waals surface area contributed by atoms with Gasteiger partial charge in [0.25, 0.3) is 5.91 Å². The van der Waals surface area contributed by atoms with Crippen LogP contribution in [0.1, 0.15) is 30.1 Å². The Morgan fingerprint density at radius 3 is 2.70 bits per heavy atom. The van der Waals surface area contributed by atoms with Gasteiger partial charge in [-0.1, -0.05) is 29.3 Å². The number of benzene rings is 2. The third-order valence-corrected chi connectivity index (χ3v) is 7.72. The van der Waals surface area contributed by atoms with E-state index in [2.05, 4.69) is 20.3 Å². The minimum absolute atomic E-state index is 0.0120. The molecular formula is C29H30Cl2N6O3. The Morgan fingerprint density at radius 2 is 1.93 bits per heavy atom. The van der Waals surface area contributed by atoms with Gasteiger partial charge in [-0.05, 0) is 55.2 Å². The largest absolute Gasteiger partial charge is 0.493 e.